The highest BCUT2D eigenvalue weighted by Crippen LogP contribution is 2.03. The van der Waals surface area contributed by atoms with Crippen LogP contribution in [-0.2, 0) is 0 Å². The van der Waals surface area contributed by atoms with Gasteiger partial charge in [0.1, 0.15) is 0 Å². The lowest BCUT2D eigenvalue weighted by atomic mass is 10.2. The summed E-state index contributed by atoms with van der Waals surface area (Å²) in [6.07, 6.45) is 0. The summed E-state index contributed by atoms with van der Waals surface area (Å²) in [5.41, 5.74) is 0. The van der Waals surface area contributed by atoms with Crippen molar-refractivity contribution in [3.63, 3.8) is 0 Å². The average molecular weight is 355 g/mol. The first-order valence-corrected chi connectivity index (χ1v) is 10.2. The van der Waals surface area contributed by atoms with Gasteiger partial charge in [-0.1, -0.05) is 6.92 Å². The van der Waals surface area contributed by atoms with Crippen LogP contribution in [0.15, 0.2) is 4.99 Å². The van der Waals surface area contributed by atoms with Gasteiger partial charge in [-0.15, -0.1) is 0 Å². The molecule has 1 saturated heterocycles. The number of likely N-dealkylation sites (N-methyl/N-ethyl adjacent to an activating group) is 1. The predicted molar refractivity (Wildman–Crippen MR) is 110 cm³/mol. The fraction of sp³-hybridized carbons (Fsp3) is 0.947. The van der Waals surface area contributed by atoms with Crippen LogP contribution in [-0.4, -0.2) is 98.2 Å². The molecule has 1 fully saturated rings. The number of hydrogen-bond donors (Lipinski definition) is 2. The zero-order valence-electron chi connectivity index (χ0n) is 17.5. The van der Waals surface area contributed by atoms with E-state index in [1.54, 1.807) is 0 Å². The van der Waals surface area contributed by atoms with Gasteiger partial charge in [-0.05, 0) is 41.2 Å². The van der Waals surface area contributed by atoms with E-state index in [-0.39, 0.29) is 0 Å². The molecule has 2 N–H and O–H groups in total. The standard InChI is InChI=1S/C19H42N6/c1-7-20-19(22-10-12-25(17(3)4)18(5)6)21-9-11-24-15-13-23(8-2)14-16-24/h17-18H,7-16H2,1-6H3,(H2,20,21,22). The molecule has 0 unspecified atom stereocenters. The van der Waals surface area contributed by atoms with Gasteiger partial charge in [-0.3, -0.25) is 14.8 Å². The molecule has 0 atom stereocenters. The molecule has 6 nitrogen and oxygen atoms in total. The Hall–Kier alpha value is -0.850. The lowest BCUT2D eigenvalue weighted by Gasteiger charge is -2.33. The Morgan fingerprint density at radius 2 is 1.56 bits per heavy atom. The molecule has 0 aromatic rings. The Kier molecular flexibility index (Phi) is 11.1. The van der Waals surface area contributed by atoms with Crippen LogP contribution in [0.3, 0.4) is 0 Å². The Morgan fingerprint density at radius 3 is 2.08 bits per heavy atom. The van der Waals surface area contributed by atoms with Gasteiger partial charge in [0.15, 0.2) is 5.96 Å². The van der Waals surface area contributed by atoms with E-state index in [2.05, 4.69) is 66.9 Å². The second-order valence-corrected chi connectivity index (χ2v) is 7.39. The second-order valence-electron chi connectivity index (χ2n) is 7.39. The largest absolute Gasteiger partial charge is 0.357 e. The summed E-state index contributed by atoms with van der Waals surface area (Å²) >= 11 is 0. The molecule has 6 heteroatoms. The van der Waals surface area contributed by atoms with Crippen LogP contribution in [0.2, 0.25) is 0 Å². The molecule has 0 aromatic heterocycles. The van der Waals surface area contributed by atoms with Gasteiger partial charge >= 0.3 is 0 Å². The van der Waals surface area contributed by atoms with Crippen molar-refractivity contribution in [2.24, 2.45) is 4.99 Å². The first-order valence-electron chi connectivity index (χ1n) is 10.2. The minimum atomic E-state index is 0.572. The molecule has 25 heavy (non-hydrogen) atoms. The molecule has 1 aliphatic rings. The van der Waals surface area contributed by atoms with Crippen molar-refractivity contribution in [2.45, 2.75) is 53.6 Å². The van der Waals surface area contributed by atoms with Gasteiger partial charge in [0, 0.05) is 64.4 Å². The van der Waals surface area contributed by atoms with Crippen LogP contribution in [0.1, 0.15) is 41.5 Å². The van der Waals surface area contributed by atoms with Crippen molar-refractivity contribution in [1.82, 2.24) is 25.3 Å². The molecular formula is C19H42N6. The number of nitrogens with zero attached hydrogens (tertiary/aromatic N) is 4. The third kappa shape index (κ3) is 8.88. The van der Waals surface area contributed by atoms with Crippen molar-refractivity contribution in [3.8, 4) is 0 Å². The Morgan fingerprint density at radius 1 is 0.960 bits per heavy atom. The van der Waals surface area contributed by atoms with E-state index in [0.717, 1.165) is 38.7 Å². The highest BCUT2D eigenvalue weighted by atomic mass is 15.3. The Labute approximate surface area is 156 Å². The van der Waals surface area contributed by atoms with Crippen LogP contribution in [0.4, 0.5) is 0 Å². The summed E-state index contributed by atoms with van der Waals surface area (Å²) < 4.78 is 0. The lowest BCUT2D eigenvalue weighted by Crippen LogP contribution is -2.47. The maximum atomic E-state index is 4.75. The van der Waals surface area contributed by atoms with Gasteiger partial charge in [-0.25, -0.2) is 0 Å². The second kappa shape index (κ2) is 12.5. The molecule has 0 aliphatic carbocycles. The van der Waals surface area contributed by atoms with Crippen LogP contribution in [0, 0.1) is 0 Å². The number of aliphatic imine (C=N–C) groups is 1. The highest BCUT2D eigenvalue weighted by molar-refractivity contribution is 5.79. The third-order valence-corrected chi connectivity index (χ3v) is 4.93. The normalized spacial score (nSPS) is 17.7. The first-order chi connectivity index (χ1) is 12.0. The lowest BCUT2D eigenvalue weighted by molar-refractivity contribution is 0.140. The number of hydrogen-bond acceptors (Lipinski definition) is 4. The monoisotopic (exact) mass is 354 g/mol. The van der Waals surface area contributed by atoms with Gasteiger partial charge in [0.2, 0.25) is 0 Å². The van der Waals surface area contributed by atoms with E-state index in [4.69, 9.17) is 4.99 Å². The Bertz CT molecular complexity index is 353. The number of rotatable bonds is 10. The summed E-state index contributed by atoms with van der Waals surface area (Å²) in [7, 11) is 0. The number of nitrogens with one attached hydrogen (secondary N) is 2. The maximum absolute atomic E-state index is 4.75. The molecule has 0 radical (unpaired) electrons. The molecular weight excluding hydrogens is 312 g/mol. The molecule has 0 bridgehead atoms. The van der Waals surface area contributed by atoms with Crippen molar-refractivity contribution in [2.75, 3.05) is 65.4 Å². The molecule has 0 saturated carbocycles. The molecule has 1 heterocycles. The van der Waals surface area contributed by atoms with E-state index >= 15 is 0 Å². The SMILES string of the molecule is CCNC(=NCCN1CCN(CC)CC1)NCCN(C(C)C)C(C)C. The summed E-state index contributed by atoms with van der Waals surface area (Å²) in [6, 6.07) is 1.14. The van der Waals surface area contributed by atoms with Gasteiger partial charge in [-0.2, -0.15) is 0 Å². The van der Waals surface area contributed by atoms with E-state index in [0.29, 0.717) is 12.1 Å². The molecule has 148 valence electrons. The highest BCUT2D eigenvalue weighted by Gasteiger charge is 2.15. The van der Waals surface area contributed by atoms with E-state index < -0.39 is 0 Å². The smallest absolute Gasteiger partial charge is 0.191 e. The van der Waals surface area contributed by atoms with Gasteiger partial charge in [0.05, 0.1) is 6.54 Å². The molecule has 1 aliphatic heterocycles. The van der Waals surface area contributed by atoms with Crippen LogP contribution >= 0.6 is 0 Å². The summed E-state index contributed by atoms with van der Waals surface area (Å²) in [4.78, 5) is 12.3. The first kappa shape index (κ1) is 22.2. The zero-order chi connectivity index (χ0) is 18.7. The Balaban J connectivity index is 2.33. The molecule has 0 spiro atoms. The molecule has 1 rings (SSSR count). The zero-order valence-corrected chi connectivity index (χ0v) is 17.5. The van der Waals surface area contributed by atoms with Crippen LogP contribution < -0.4 is 10.6 Å². The summed E-state index contributed by atoms with van der Waals surface area (Å²) in [5.74, 6) is 0.946. The minimum absolute atomic E-state index is 0.572. The maximum Gasteiger partial charge on any atom is 0.191 e. The molecule has 0 aromatic carbocycles. The topological polar surface area (TPSA) is 46.1 Å². The van der Waals surface area contributed by atoms with E-state index in [1.165, 1.54) is 32.7 Å². The number of guanidine groups is 1. The number of piperazine rings is 1. The summed E-state index contributed by atoms with van der Waals surface area (Å²) in [5, 5.41) is 6.85. The summed E-state index contributed by atoms with van der Waals surface area (Å²) in [6.45, 7) is 24.1. The van der Waals surface area contributed by atoms with Crippen LogP contribution in [0.5, 0.6) is 0 Å². The van der Waals surface area contributed by atoms with Crippen molar-refractivity contribution in [1.29, 1.82) is 0 Å². The van der Waals surface area contributed by atoms with Crippen molar-refractivity contribution in [3.05, 3.63) is 0 Å². The van der Waals surface area contributed by atoms with Gasteiger partial charge < -0.3 is 15.5 Å². The fourth-order valence-corrected chi connectivity index (χ4v) is 3.39. The molecule has 0 amide bonds. The van der Waals surface area contributed by atoms with Crippen molar-refractivity contribution < 1.29 is 0 Å². The van der Waals surface area contributed by atoms with Crippen LogP contribution in [0.25, 0.3) is 0 Å². The average Bonchev–Trinajstić information content (AvgIpc) is 2.58. The fourth-order valence-electron chi connectivity index (χ4n) is 3.39. The van der Waals surface area contributed by atoms with E-state index in [1.807, 2.05) is 0 Å². The van der Waals surface area contributed by atoms with E-state index in [9.17, 15) is 0 Å². The predicted octanol–water partition coefficient (Wildman–Crippen LogP) is 1.30. The minimum Gasteiger partial charge on any atom is -0.357 e. The van der Waals surface area contributed by atoms with Gasteiger partial charge in [0.25, 0.3) is 0 Å². The van der Waals surface area contributed by atoms with Crippen molar-refractivity contribution >= 4 is 5.96 Å². The quantitative estimate of drug-likeness (QED) is 0.457. The third-order valence-electron chi connectivity index (χ3n) is 4.93.